The van der Waals surface area contributed by atoms with Crippen LogP contribution in [0.25, 0.3) is 0 Å². The lowest BCUT2D eigenvalue weighted by atomic mass is 9.88. The number of sulfonamides is 1. The molecule has 2 heterocycles. The third kappa shape index (κ3) is 5.08. The summed E-state index contributed by atoms with van der Waals surface area (Å²) >= 11 is 0. The molecule has 0 aromatic heterocycles. The third-order valence-electron chi connectivity index (χ3n) is 6.43. The zero-order valence-electron chi connectivity index (χ0n) is 19.3. The summed E-state index contributed by atoms with van der Waals surface area (Å²) in [5, 5.41) is 11.2. The molecule has 1 aliphatic carbocycles. The number of amides is 2. The Balaban J connectivity index is 1.63. The van der Waals surface area contributed by atoms with E-state index in [9.17, 15) is 18.0 Å². The minimum atomic E-state index is -3.52. The van der Waals surface area contributed by atoms with Crippen molar-refractivity contribution < 1.29 is 22.7 Å². The lowest BCUT2D eigenvalue weighted by molar-refractivity contribution is -0.131. The monoisotopic (exact) mass is 480 g/mol. The van der Waals surface area contributed by atoms with E-state index in [-0.39, 0.29) is 36.1 Å². The standard InChI is InChI=1S/C21H32N6O5S/c1-26-21(29)18-15(10-17(23-19(18)25-26)24-20(28)13-6-7-13)22-14-8-5-12(11-32-3)9-16(14)27(2)33(4,30)31/h5,8-9,13,15,17-19,22-23,25H,6-7,10-11H2,1-4H3,(H,24,28). The molecule has 4 rings (SSSR count). The van der Waals surface area contributed by atoms with Crippen LogP contribution in [0.15, 0.2) is 18.2 Å². The van der Waals surface area contributed by atoms with E-state index in [2.05, 4.69) is 21.4 Å². The van der Waals surface area contributed by atoms with Gasteiger partial charge in [0.1, 0.15) is 0 Å². The van der Waals surface area contributed by atoms with Gasteiger partial charge >= 0.3 is 0 Å². The molecule has 2 saturated heterocycles. The fourth-order valence-electron chi connectivity index (χ4n) is 4.43. The van der Waals surface area contributed by atoms with Crippen molar-refractivity contribution >= 4 is 33.2 Å². The number of carbonyl (C=O) groups is 2. The highest BCUT2D eigenvalue weighted by Crippen LogP contribution is 2.34. The second-order valence-electron chi connectivity index (χ2n) is 9.03. The van der Waals surface area contributed by atoms with Gasteiger partial charge in [-0.25, -0.2) is 13.8 Å². The average molecular weight is 481 g/mol. The Kier molecular flexibility index (Phi) is 6.54. The first-order chi connectivity index (χ1) is 15.6. The fourth-order valence-corrected chi connectivity index (χ4v) is 4.94. The zero-order valence-corrected chi connectivity index (χ0v) is 20.1. The Labute approximate surface area is 194 Å². The Bertz CT molecular complexity index is 1030. The molecule has 2 aliphatic heterocycles. The normalized spacial score (nSPS) is 27.3. The van der Waals surface area contributed by atoms with Gasteiger partial charge in [-0.3, -0.25) is 24.2 Å². The number of ether oxygens (including phenoxy) is 1. The minimum absolute atomic E-state index is 0.0174. The van der Waals surface area contributed by atoms with Crippen LogP contribution >= 0.6 is 0 Å². The Morgan fingerprint density at radius 1 is 1.33 bits per heavy atom. The molecule has 11 nitrogen and oxygen atoms in total. The van der Waals surface area contributed by atoms with Crippen LogP contribution in [-0.4, -0.2) is 71.1 Å². The number of piperidine rings is 1. The van der Waals surface area contributed by atoms with Crippen molar-refractivity contribution in [1.82, 2.24) is 21.1 Å². The number of hydrogen-bond acceptors (Lipinski definition) is 8. The smallest absolute Gasteiger partial charge is 0.244 e. The van der Waals surface area contributed by atoms with Gasteiger partial charge in [-0.1, -0.05) is 6.07 Å². The van der Waals surface area contributed by atoms with Crippen LogP contribution in [0, 0.1) is 11.8 Å². The zero-order chi connectivity index (χ0) is 23.9. The fraction of sp³-hybridized carbons (Fsp3) is 0.619. The second-order valence-corrected chi connectivity index (χ2v) is 11.0. The van der Waals surface area contributed by atoms with Gasteiger partial charge in [0, 0.05) is 39.6 Å². The number of benzene rings is 1. The molecule has 4 atom stereocenters. The summed E-state index contributed by atoms with van der Waals surface area (Å²) in [7, 11) is 1.21. The van der Waals surface area contributed by atoms with Crippen LogP contribution in [0.1, 0.15) is 24.8 Å². The van der Waals surface area contributed by atoms with Crippen molar-refractivity contribution in [3.8, 4) is 0 Å². The number of nitrogens with one attached hydrogen (secondary N) is 4. The lowest BCUT2D eigenvalue weighted by Gasteiger charge is -2.39. The number of carbonyl (C=O) groups excluding carboxylic acids is 2. The number of methoxy groups -OCH3 is 1. The highest BCUT2D eigenvalue weighted by molar-refractivity contribution is 7.92. The molecule has 4 N–H and O–H groups in total. The average Bonchev–Trinajstić information content (AvgIpc) is 3.55. The number of anilines is 2. The maximum atomic E-state index is 12.9. The molecule has 2 amide bonds. The maximum absolute atomic E-state index is 12.9. The van der Waals surface area contributed by atoms with E-state index >= 15 is 0 Å². The summed E-state index contributed by atoms with van der Waals surface area (Å²) in [6, 6.07) is 5.08. The van der Waals surface area contributed by atoms with Crippen LogP contribution in [0.4, 0.5) is 11.4 Å². The Hall–Kier alpha value is -2.41. The quantitative estimate of drug-likeness (QED) is 0.401. The number of hydrazine groups is 1. The maximum Gasteiger partial charge on any atom is 0.244 e. The van der Waals surface area contributed by atoms with Crippen molar-refractivity contribution in [3.05, 3.63) is 23.8 Å². The molecule has 0 spiro atoms. The van der Waals surface area contributed by atoms with Gasteiger partial charge in [-0.05, 0) is 30.5 Å². The molecule has 0 radical (unpaired) electrons. The minimum Gasteiger partial charge on any atom is -0.380 e. The van der Waals surface area contributed by atoms with Gasteiger partial charge in [0.15, 0.2) is 0 Å². The molecule has 3 aliphatic rings. The van der Waals surface area contributed by atoms with Crippen LogP contribution < -0.4 is 25.7 Å². The SMILES string of the molecule is COCc1ccc(NC2CC(NC(=O)C3CC3)NC3NN(C)C(=O)C23)c(N(C)S(C)(=O)=O)c1. The first kappa shape index (κ1) is 23.7. The predicted molar refractivity (Wildman–Crippen MR) is 123 cm³/mol. The van der Waals surface area contributed by atoms with Gasteiger partial charge in [0.2, 0.25) is 21.8 Å². The highest BCUT2D eigenvalue weighted by atomic mass is 32.2. The van der Waals surface area contributed by atoms with Crippen molar-refractivity contribution in [2.45, 2.75) is 44.2 Å². The molecule has 182 valence electrons. The number of fused-ring (bicyclic) bond motifs is 1. The van der Waals surface area contributed by atoms with Crippen molar-refractivity contribution in [3.63, 3.8) is 0 Å². The van der Waals surface area contributed by atoms with Crippen molar-refractivity contribution in [2.75, 3.05) is 37.1 Å². The summed E-state index contributed by atoms with van der Waals surface area (Å²) in [6.07, 6.45) is 2.72. The van der Waals surface area contributed by atoms with E-state index in [4.69, 9.17) is 4.74 Å². The lowest BCUT2D eigenvalue weighted by Crippen LogP contribution is -2.63. The van der Waals surface area contributed by atoms with E-state index in [1.165, 1.54) is 16.4 Å². The predicted octanol–water partition coefficient (Wildman–Crippen LogP) is -0.226. The number of nitrogens with zero attached hydrogens (tertiary/aromatic N) is 2. The van der Waals surface area contributed by atoms with Crippen molar-refractivity contribution in [2.24, 2.45) is 11.8 Å². The van der Waals surface area contributed by atoms with Gasteiger partial charge < -0.3 is 15.4 Å². The summed E-state index contributed by atoms with van der Waals surface area (Å²) in [6.45, 7) is 0.339. The summed E-state index contributed by atoms with van der Waals surface area (Å²) < 4.78 is 31.0. The van der Waals surface area contributed by atoms with E-state index in [0.717, 1.165) is 24.7 Å². The van der Waals surface area contributed by atoms with Gasteiger partial charge in [0.25, 0.3) is 0 Å². The largest absolute Gasteiger partial charge is 0.380 e. The first-order valence-corrected chi connectivity index (χ1v) is 12.9. The van der Waals surface area contributed by atoms with Gasteiger partial charge in [0.05, 0.1) is 42.5 Å². The van der Waals surface area contributed by atoms with Crippen molar-refractivity contribution in [1.29, 1.82) is 0 Å². The van der Waals surface area contributed by atoms with E-state index < -0.39 is 15.9 Å². The molecule has 4 unspecified atom stereocenters. The van der Waals surface area contributed by atoms with Gasteiger partial charge in [-0.15, -0.1) is 0 Å². The topological polar surface area (TPSA) is 132 Å². The highest BCUT2D eigenvalue weighted by Gasteiger charge is 2.49. The third-order valence-corrected chi connectivity index (χ3v) is 7.62. The van der Waals surface area contributed by atoms with Crippen LogP contribution in [0.5, 0.6) is 0 Å². The van der Waals surface area contributed by atoms with E-state index in [1.807, 2.05) is 6.07 Å². The van der Waals surface area contributed by atoms with Gasteiger partial charge in [-0.2, -0.15) is 0 Å². The first-order valence-electron chi connectivity index (χ1n) is 11.0. The number of hydrogen-bond donors (Lipinski definition) is 4. The molecule has 1 aromatic rings. The summed E-state index contributed by atoms with van der Waals surface area (Å²) in [5.41, 5.74) is 4.99. The molecule has 3 fully saturated rings. The second kappa shape index (κ2) is 9.09. The summed E-state index contributed by atoms with van der Waals surface area (Å²) in [4.78, 5) is 25.2. The summed E-state index contributed by atoms with van der Waals surface area (Å²) in [5.74, 6) is -0.422. The molecule has 1 saturated carbocycles. The molecule has 33 heavy (non-hydrogen) atoms. The van der Waals surface area contributed by atoms with Crippen LogP contribution in [-0.2, 0) is 31.0 Å². The Morgan fingerprint density at radius 3 is 2.70 bits per heavy atom. The van der Waals surface area contributed by atoms with Crippen LogP contribution in [0.3, 0.4) is 0 Å². The van der Waals surface area contributed by atoms with Crippen LogP contribution in [0.2, 0.25) is 0 Å². The Morgan fingerprint density at radius 2 is 2.06 bits per heavy atom. The molecular formula is C21H32N6O5S. The molecular weight excluding hydrogens is 448 g/mol. The van der Waals surface area contributed by atoms with E-state index in [1.54, 1.807) is 26.3 Å². The molecule has 12 heteroatoms. The molecule has 1 aromatic carbocycles. The molecule has 0 bridgehead atoms. The number of rotatable bonds is 8. The van der Waals surface area contributed by atoms with E-state index in [0.29, 0.717) is 24.4 Å².